The summed E-state index contributed by atoms with van der Waals surface area (Å²) in [5.74, 6) is -0.213. The number of epoxide rings is 1. The summed E-state index contributed by atoms with van der Waals surface area (Å²) >= 11 is 0. The van der Waals surface area contributed by atoms with Gasteiger partial charge >= 0.3 is 5.97 Å². The summed E-state index contributed by atoms with van der Waals surface area (Å²) in [5.41, 5.74) is 0.0109. The first-order chi connectivity index (χ1) is 9.08. The SMILES string of the molecule is CCCC1(C(=O)OCC)OC1(C)Cc1ccccc1. The Kier molecular flexibility index (Phi) is 3.95. The Balaban J connectivity index is 2.14. The van der Waals surface area contributed by atoms with Crippen LogP contribution in [0, 0.1) is 0 Å². The van der Waals surface area contributed by atoms with E-state index < -0.39 is 11.2 Å². The third-order valence-electron chi connectivity index (χ3n) is 3.80. The van der Waals surface area contributed by atoms with Gasteiger partial charge in [-0.1, -0.05) is 43.7 Å². The van der Waals surface area contributed by atoms with Gasteiger partial charge in [0, 0.05) is 6.42 Å². The highest BCUT2D eigenvalue weighted by molar-refractivity contribution is 5.85. The normalized spacial score (nSPS) is 29.0. The number of hydrogen-bond acceptors (Lipinski definition) is 3. The highest BCUT2D eigenvalue weighted by atomic mass is 16.7. The molecule has 0 radical (unpaired) electrons. The molecule has 1 saturated heterocycles. The van der Waals surface area contributed by atoms with Crippen LogP contribution in [0.2, 0.25) is 0 Å². The van der Waals surface area contributed by atoms with Crippen molar-refractivity contribution >= 4 is 5.97 Å². The van der Waals surface area contributed by atoms with Crippen LogP contribution in [0.3, 0.4) is 0 Å². The van der Waals surface area contributed by atoms with E-state index >= 15 is 0 Å². The van der Waals surface area contributed by atoms with Crippen molar-refractivity contribution in [2.75, 3.05) is 6.61 Å². The molecule has 1 fully saturated rings. The lowest BCUT2D eigenvalue weighted by Gasteiger charge is -2.15. The highest BCUT2D eigenvalue weighted by Crippen LogP contribution is 2.53. The van der Waals surface area contributed by atoms with Gasteiger partial charge in [-0.2, -0.15) is 0 Å². The monoisotopic (exact) mass is 262 g/mol. The third kappa shape index (κ3) is 2.52. The number of esters is 1. The van der Waals surface area contributed by atoms with Crippen LogP contribution in [0.15, 0.2) is 30.3 Å². The van der Waals surface area contributed by atoms with E-state index in [1.807, 2.05) is 32.0 Å². The lowest BCUT2D eigenvalue weighted by atomic mass is 9.85. The predicted octanol–water partition coefficient (Wildman–Crippen LogP) is 3.12. The standard InChI is InChI=1S/C16H22O3/c1-4-11-16(14(17)18-5-2)15(3,19-16)12-13-9-7-6-8-10-13/h6-10H,4-5,11-12H2,1-3H3. The molecule has 1 aliphatic rings. The minimum absolute atomic E-state index is 0.213. The van der Waals surface area contributed by atoms with Crippen molar-refractivity contribution in [3.63, 3.8) is 0 Å². The smallest absolute Gasteiger partial charge is 0.341 e. The molecule has 1 aromatic rings. The Labute approximate surface area is 114 Å². The lowest BCUT2D eigenvalue weighted by Crippen LogP contribution is -2.35. The molecule has 3 heteroatoms. The molecule has 0 N–H and O–H groups in total. The Bertz CT molecular complexity index is 443. The Hall–Kier alpha value is -1.35. The first-order valence-electron chi connectivity index (χ1n) is 6.99. The van der Waals surface area contributed by atoms with E-state index in [1.165, 1.54) is 5.56 Å². The van der Waals surface area contributed by atoms with Crippen molar-refractivity contribution in [3.05, 3.63) is 35.9 Å². The predicted molar refractivity (Wildman–Crippen MR) is 73.9 cm³/mol. The van der Waals surface area contributed by atoms with Crippen LogP contribution in [0.1, 0.15) is 39.2 Å². The fraction of sp³-hybridized carbons (Fsp3) is 0.562. The summed E-state index contributed by atoms with van der Waals surface area (Å²) in [4.78, 5) is 12.2. The van der Waals surface area contributed by atoms with Crippen molar-refractivity contribution in [3.8, 4) is 0 Å². The molecule has 19 heavy (non-hydrogen) atoms. The van der Waals surface area contributed by atoms with Crippen molar-refractivity contribution in [2.45, 2.75) is 51.2 Å². The van der Waals surface area contributed by atoms with E-state index in [9.17, 15) is 4.79 Å². The molecule has 0 bridgehead atoms. The molecule has 1 heterocycles. The maximum absolute atomic E-state index is 12.2. The fourth-order valence-electron chi connectivity index (χ4n) is 2.80. The number of ether oxygens (including phenoxy) is 2. The summed E-state index contributed by atoms with van der Waals surface area (Å²) in [6.07, 6.45) is 2.37. The first kappa shape index (κ1) is 14.1. The molecule has 3 nitrogen and oxygen atoms in total. The van der Waals surface area contributed by atoms with E-state index in [1.54, 1.807) is 0 Å². The molecule has 1 aliphatic heterocycles. The summed E-state index contributed by atoms with van der Waals surface area (Å²) in [6.45, 7) is 6.29. The van der Waals surface area contributed by atoms with Crippen molar-refractivity contribution in [2.24, 2.45) is 0 Å². The third-order valence-corrected chi connectivity index (χ3v) is 3.80. The van der Waals surface area contributed by atoms with Gasteiger partial charge in [-0.25, -0.2) is 4.79 Å². The Morgan fingerprint density at radius 1 is 1.26 bits per heavy atom. The first-order valence-corrected chi connectivity index (χ1v) is 6.99. The summed E-state index contributed by atoms with van der Waals surface area (Å²) in [7, 11) is 0. The van der Waals surface area contributed by atoms with Gasteiger partial charge in [0.15, 0.2) is 5.60 Å². The maximum Gasteiger partial charge on any atom is 0.341 e. The molecule has 2 rings (SSSR count). The summed E-state index contributed by atoms with van der Waals surface area (Å²) in [5, 5.41) is 0. The molecular weight excluding hydrogens is 240 g/mol. The van der Waals surface area contributed by atoms with E-state index in [0.29, 0.717) is 6.61 Å². The van der Waals surface area contributed by atoms with Gasteiger partial charge in [0.2, 0.25) is 0 Å². The molecule has 0 aromatic heterocycles. The van der Waals surface area contributed by atoms with E-state index in [-0.39, 0.29) is 5.97 Å². The molecular formula is C16H22O3. The molecule has 0 amide bonds. The van der Waals surface area contributed by atoms with Gasteiger partial charge in [0.1, 0.15) is 5.60 Å². The fourth-order valence-corrected chi connectivity index (χ4v) is 2.80. The average molecular weight is 262 g/mol. The Morgan fingerprint density at radius 2 is 1.95 bits per heavy atom. The minimum Gasteiger partial charge on any atom is -0.464 e. The van der Waals surface area contributed by atoms with Crippen LogP contribution in [-0.2, 0) is 20.7 Å². The quantitative estimate of drug-likeness (QED) is 0.584. The molecule has 0 aliphatic carbocycles. The number of carbonyl (C=O) groups is 1. The number of carbonyl (C=O) groups excluding carboxylic acids is 1. The number of benzene rings is 1. The van der Waals surface area contributed by atoms with Gasteiger partial charge in [0.25, 0.3) is 0 Å². The highest BCUT2D eigenvalue weighted by Gasteiger charge is 2.71. The van der Waals surface area contributed by atoms with Crippen LogP contribution in [0.5, 0.6) is 0 Å². The average Bonchev–Trinajstić information content (AvgIpc) is 2.97. The van der Waals surface area contributed by atoms with Crippen LogP contribution in [0.4, 0.5) is 0 Å². The van der Waals surface area contributed by atoms with Crippen LogP contribution in [-0.4, -0.2) is 23.8 Å². The van der Waals surface area contributed by atoms with E-state index in [0.717, 1.165) is 19.3 Å². The summed E-state index contributed by atoms with van der Waals surface area (Å²) < 4.78 is 11.1. The second-order valence-corrected chi connectivity index (χ2v) is 5.29. The van der Waals surface area contributed by atoms with Gasteiger partial charge < -0.3 is 9.47 Å². The Morgan fingerprint density at radius 3 is 2.53 bits per heavy atom. The zero-order valence-corrected chi connectivity index (χ0v) is 11.9. The van der Waals surface area contributed by atoms with Crippen molar-refractivity contribution in [1.29, 1.82) is 0 Å². The summed E-state index contributed by atoms with van der Waals surface area (Å²) in [6, 6.07) is 10.1. The lowest BCUT2D eigenvalue weighted by molar-refractivity contribution is -0.149. The maximum atomic E-state index is 12.2. The molecule has 2 unspecified atom stereocenters. The molecule has 1 aromatic carbocycles. The number of hydrogen-bond donors (Lipinski definition) is 0. The molecule has 104 valence electrons. The zero-order chi connectivity index (χ0) is 13.9. The van der Waals surface area contributed by atoms with Crippen molar-refractivity contribution < 1.29 is 14.3 Å². The second kappa shape index (κ2) is 5.33. The van der Waals surface area contributed by atoms with Crippen LogP contribution < -0.4 is 0 Å². The van der Waals surface area contributed by atoms with Gasteiger partial charge in [-0.15, -0.1) is 0 Å². The largest absolute Gasteiger partial charge is 0.464 e. The van der Waals surface area contributed by atoms with Crippen LogP contribution in [0.25, 0.3) is 0 Å². The topological polar surface area (TPSA) is 38.8 Å². The molecule has 2 atom stereocenters. The second-order valence-electron chi connectivity index (χ2n) is 5.29. The van der Waals surface area contributed by atoms with Gasteiger partial charge in [-0.3, -0.25) is 0 Å². The van der Waals surface area contributed by atoms with Gasteiger partial charge in [0.05, 0.1) is 6.61 Å². The number of rotatable bonds is 6. The van der Waals surface area contributed by atoms with Crippen LogP contribution >= 0.6 is 0 Å². The van der Waals surface area contributed by atoms with Gasteiger partial charge in [-0.05, 0) is 25.8 Å². The molecule has 0 spiro atoms. The van der Waals surface area contributed by atoms with Crippen molar-refractivity contribution in [1.82, 2.24) is 0 Å². The zero-order valence-electron chi connectivity index (χ0n) is 11.9. The van der Waals surface area contributed by atoms with E-state index in [2.05, 4.69) is 19.1 Å². The molecule has 0 saturated carbocycles. The minimum atomic E-state index is -0.742. The van der Waals surface area contributed by atoms with E-state index in [4.69, 9.17) is 9.47 Å².